The van der Waals surface area contributed by atoms with Crippen molar-refractivity contribution in [2.75, 3.05) is 0 Å². The summed E-state index contributed by atoms with van der Waals surface area (Å²) in [6, 6.07) is 2.18. The first-order chi connectivity index (χ1) is 5.73. The molecule has 74 valence electrons. The Kier molecular flexibility index (Phi) is 2.60. The van der Waals surface area contributed by atoms with Crippen molar-refractivity contribution in [2.24, 2.45) is 0 Å². The molecule has 1 aromatic heterocycles. The quantitative estimate of drug-likeness (QED) is 0.686. The Balaban J connectivity index is 3.19. The number of rotatable bonds is 2. The summed E-state index contributed by atoms with van der Waals surface area (Å²) in [6.45, 7) is 14.2. The van der Waals surface area contributed by atoms with E-state index in [1.807, 2.05) is 6.26 Å². The van der Waals surface area contributed by atoms with Crippen LogP contribution in [-0.2, 0) is 0 Å². The van der Waals surface area contributed by atoms with E-state index in [0.29, 0.717) is 0 Å². The van der Waals surface area contributed by atoms with E-state index in [1.54, 1.807) is 0 Å². The van der Waals surface area contributed by atoms with Crippen LogP contribution >= 0.6 is 0 Å². The summed E-state index contributed by atoms with van der Waals surface area (Å²) in [5, 5.41) is 2.83. The number of furan rings is 1. The first kappa shape index (κ1) is 10.8. The standard InChI is InChI=1S/C10H20OSi2/c1-12(2,3)9-7-8-11-10(9)13(4,5)6/h7-8H,1-6H3. The average Bonchev–Trinajstić information content (AvgIpc) is 2.27. The molecule has 0 radical (unpaired) electrons. The topological polar surface area (TPSA) is 13.1 Å². The van der Waals surface area contributed by atoms with Gasteiger partial charge in [0.05, 0.1) is 19.7 Å². The lowest BCUT2D eigenvalue weighted by atomic mass is 10.7. The van der Waals surface area contributed by atoms with Crippen LogP contribution in [0.15, 0.2) is 16.7 Å². The van der Waals surface area contributed by atoms with E-state index >= 15 is 0 Å². The van der Waals surface area contributed by atoms with Crippen molar-refractivity contribution in [1.82, 2.24) is 0 Å². The molecule has 13 heavy (non-hydrogen) atoms. The highest BCUT2D eigenvalue weighted by Crippen LogP contribution is 2.07. The van der Waals surface area contributed by atoms with Crippen LogP contribution < -0.4 is 10.6 Å². The molecule has 0 N–H and O–H groups in total. The van der Waals surface area contributed by atoms with Crippen LogP contribution in [0.25, 0.3) is 0 Å². The van der Waals surface area contributed by atoms with Crippen molar-refractivity contribution in [2.45, 2.75) is 39.3 Å². The molecule has 0 spiro atoms. The van der Waals surface area contributed by atoms with Crippen LogP contribution in [0.4, 0.5) is 0 Å². The van der Waals surface area contributed by atoms with Crippen LogP contribution in [0.3, 0.4) is 0 Å². The Morgan fingerprint density at radius 2 is 1.46 bits per heavy atom. The SMILES string of the molecule is C[Si](C)(C)c1ccoc1[Si](C)(C)C. The normalized spacial score (nSPS) is 13.4. The molecule has 1 heterocycles. The first-order valence-electron chi connectivity index (χ1n) is 4.81. The zero-order valence-electron chi connectivity index (χ0n) is 9.56. The Morgan fingerprint density at radius 3 is 1.77 bits per heavy atom. The predicted octanol–water partition coefficient (Wildman–Crippen LogP) is 2.37. The van der Waals surface area contributed by atoms with Crippen LogP contribution in [0.1, 0.15) is 0 Å². The van der Waals surface area contributed by atoms with E-state index in [4.69, 9.17) is 4.42 Å². The van der Waals surface area contributed by atoms with Gasteiger partial charge in [-0.1, -0.05) is 39.3 Å². The maximum Gasteiger partial charge on any atom is 0.123 e. The molecular formula is C10H20OSi2. The highest BCUT2D eigenvalue weighted by atomic mass is 28.3. The van der Waals surface area contributed by atoms with Gasteiger partial charge >= 0.3 is 0 Å². The van der Waals surface area contributed by atoms with Gasteiger partial charge in [-0.15, -0.1) is 0 Å². The van der Waals surface area contributed by atoms with Crippen LogP contribution in [0.5, 0.6) is 0 Å². The van der Waals surface area contributed by atoms with Gasteiger partial charge in [-0.2, -0.15) is 0 Å². The molecule has 3 heteroatoms. The molecule has 0 bridgehead atoms. The Hall–Kier alpha value is -0.286. The van der Waals surface area contributed by atoms with Gasteiger partial charge in [0.25, 0.3) is 0 Å². The molecule has 0 atom stereocenters. The van der Waals surface area contributed by atoms with Crippen molar-refractivity contribution in [3.63, 3.8) is 0 Å². The average molecular weight is 212 g/mol. The monoisotopic (exact) mass is 212 g/mol. The largest absolute Gasteiger partial charge is 0.475 e. The molecule has 0 aromatic carbocycles. The predicted molar refractivity (Wildman–Crippen MR) is 64.7 cm³/mol. The number of hydrogen-bond donors (Lipinski definition) is 0. The Labute approximate surface area is 83.2 Å². The van der Waals surface area contributed by atoms with Gasteiger partial charge in [-0.3, -0.25) is 0 Å². The van der Waals surface area contributed by atoms with Crippen molar-refractivity contribution in [3.05, 3.63) is 12.3 Å². The highest BCUT2D eigenvalue weighted by molar-refractivity contribution is 6.97. The summed E-state index contributed by atoms with van der Waals surface area (Å²) < 4.78 is 5.65. The van der Waals surface area contributed by atoms with Gasteiger partial charge in [0.15, 0.2) is 0 Å². The second-order valence-electron chi connectivity index (χ2n) is 5.66. The second-order valence-corrected chi connectivity index (χ2v) is 15.7. The smallest absolute Gasteiger partial charge is 0.123 e. The second kappa shape index (κ2) is 3.13. The molecule has 0 amide bonds. The molecular weight excluding hydrogens is 192 g/mol. The maximum atomic E-state index is 5.65. The van der Waals surface area contributed by atoms with Crippen LogP contribution in [0.2, 0.25) is 39.3 Å². The summed E-state index contributed by atoms with van der Waals surface area (Å²) in [5.41, 5.74) is 0. The maximum absolute atomic E-state index is 5.65. The summed E-state index contributed by atoms with van der Waals surface area (Å²) in [6.07, 6.45) is 1.86. The third-order valence-electron chi connectivity index (χ3n) is 2.15. The lowest BCUT2D eigenvalue weighted by Gasteiger charge is -2.21. The fraction of sp³-hybridized carbons (Fsp3) is 0.600. The molecule has 0 aliphatic heterocycles. The zero-order valence-corrected chi connectivity index (χ0v) is 11.6. The number of hydrogen-bond acceptors (Lipinski definition) is 1. The zero-order chi connectivity index (χ0) is 10.3. The molecule has 1 rings (SSSR count). The van der Waals surface area contributed by atoms with Crippen molar-refractivity contribution >= 4 is 26.7 Å². The fourth-order valence-electron chi connectivity index (χ4n) is 1.48. The third kappa shape index (κ3) is 2.34. The van der Waals surface area contributed by atoms with Crippen molar-refractivity contribution in [3.8, 4) is 0 Å². The minimum atomic E-state index is -1.27. The third-order valence-corrected chi connectivity index (χ3v) is 6.16. The molecule has 0 unspecified atom stereocenters. The molecule has 0 saturated heterocycles. The molecule has 0 aliphatic carbocycles. The van der Waals surface area contributed by atoms with E-state index in [9.17, 15) is 0 Å². The molecule has 0 saturated carbocycles. The summed E-state index contributed by atoms with van der Waals surface area (Å²) in [4.78, 5) is 0. The first-order valence-corrected chi connectivity index (χ1v) is 11.8. The minimum Gasteiger partial charge on any atom is -0.475 e. The fourth-order valence-corrected chi connectivity index (χ4v) is 6.35. The summed E-state index contributed by atoms with van der Waals surface area (Å²) in [5.74, 6) is 0. The lowest BCUT2D eigenvalue weighted by Crippen LogP contribution is -2.54. The van der Waals surface area contributed by atoms with Gasteiger partial charge in [0, 0.05) is 0 Å². The van der Waals surface area contributed by atoms with E-state index in [1.165, 1.54) is 10.6 Å². The van der Waals surface area contributed by atoms with Gasteiger partial charge in [-0.25, -0.2) is 0 Å². The van der Waals surface area contributed by atoms with Crippen LogP contribution in [0, 0.1) is 0 Å². The van der Waals surface area contributed by atoms with Gasteiger partial charge in [0.1, 0.15) is 8.07 Å². The Bertz CT molecular complexity index is 260. The van der Waals surface area contributed by atoms with Gasteiger partial charge < -0.3 is 4.42 Å². The van der Waals surface area contributed by atoms with E-state index in [2.05, 4.69) is 45.3 Å². The molecule has 1 nitrogen and oxygen atoms in total. The van der Waals surface area contributed by atoms with Gasteiger partial charge in [-0.05, 0) is 11.3 Å². The lowest BCUT2D eigenvalue weighted by molar-refractivity contribution is 0.598. The summed E-state index contributed by atoms with van der Waals surface area (Å²) in [7, 11) is -2.46. The van der Waals surface area contributed by atoms with Crippen LogP contribution in [-0.4, -0.2) is 16.1 Å². The summed E-state index contributed by atoms with van der Waals surface area (Å²) >= 11 is 0. The van der Waals surface area contributed by atoms with E-state index < -0.39 is 16.1 Å². The molecule has 1 aromatic rings. The van der Waals surface area contributed by atoms with E-state index in [-0.39, 0.29) is 0 Å². The Morgan fingerprint density at radius 1 is 0.923 bits per heavy atom. The highest BCUT2D eigenvalue weighted by Gasteiger charge is 2.30. The van der Waals surface area contributed by atoms with E-state index in [0.717, 1.165) is 0 Å². The molecule has 0 fully saturated rings. The van der Waals surface area contributed by atoms with Crippen molar-refractivity contribution in [1.29, 1.82) is 0 Å². The van der Waals surface area contributed by atoms with Gasteiger partial charge in [0.2, 0.25) is 0 Å². The van der Waals surface area contributed by atoms with Crippen molar-refractivity contribution < 1.29 is 4.42 Å². The minimum absolute atomic E-state index is 1.19. The molecule has 0 aliphatic rings.